The van der Waals surface area contributed by atoms with Gasteiger partial charge in [0.2, 0.25) is 0 Å². The van der Waals surface area contributed by atoms with Gasteiger partial charge in [-0.2, -0.15) is 0 Å². The van der Waals surface area contributed by atoms with Crippen molar-refractivity contribution < 1.29 is 18.8 Å². The molecular weight excluding hydrogens is 432 g/mol. The van der Waals surface area contributed by atoms with Crippen LogP contribution in [0.3, 0.4) is 0 Å². The Kier molecular flexibility index (Phi) is 5.49. The van der Waals surface area contributed by atoms with Gasteiger partial charge >= 0.3 is 0 Å². The van der Waals surface area contributed by atoms with Crippen LogP contribution in [0, 0.1) is 5.82 Å². The van der Waals surface area contributed by atoms with E-state index < -0.39 is 17.6 Å². The molecule has 154 valence electrons. The third kappa shape index (κ3) is 3.66. The first kappa shape index (κ1) is 20.4. The normalized spacial score (nSPS) is 16.6. The van der Waals surface area contributed by atoms with Gasteiger partial charge in [0.05, 0.1) is 10.7 Å². The number of carbonyl (C=O) groups is 3. The van der Waals surface area contributed by atoms with Gasteiger partial charge in [0.1, 0.15) is 16.5 Å². The van der Waals surface area contributed by atoms with Gasteiger partial charge in [0, 0.05) is 24.3 Å². The van der Waals surface area contributed by atoms with E-state index in [9.17, 15) is 18.8 Å². The van der Waals surface area contributed by atoms with E-state index in [0.717, 1.165) is 36.9 Å². The fraction of sp³-hybridized carbons (Fsp3) is 0.190. The SMILES string of the molecule is O=C(c1cccc(NC2=C(Cl)C(=O)N(c3ccc(F)c(Cl)c3)C2=O)c1)N1CCCC1. The topological polar surface area (TPSA) is 69.7 Å². The van der Waals surface area contributed by atoms with Gasteiger partial charge in [-0.1, -0.05) is 29.3 Å². The Labute approximate surface area is 181 Å². The zero-order chi connectivity index (χ0) is 21.4. The van der Waals surface area contributed by atoms with E-state index in [1.807, 2.05) is 0 Å². The number of carbonyl (C=O) groups excluding carboxylic acids is 3. The molecule has 0 spiro atoms. The Hall–Kier alpha value is -2.90. The van der Waals surface area contributed by atoms with Crippen molar-refractivity contribution in [3.8, 4) is 0 Å². The van der Waals surface area contributed by atoms with Crippen LogP contribution in [0.2, 0.25) is 5.02 Å². The summed E-state index contributed by atoms with van der Waals surface area (Å²) in [6.45, 7) is 1.44. The third-order valence-corrected chi connectivity index (χ3v) is 5.60. The summed E-state index contributed by atoms with van der Waals surface area (Å²) in [5.41, 5.74) is 0.878. The van der Waals surface area contributed by atoms with E-state index in [1.165, 1.54) is 12.1 Å². The highest BCUT2D eigenvalue weighted by atomic mass is 35.5. The molecular formula is C21H16Cl2FN3O3. The number of anilines is 2. The van der Waals surface area contributed by atoms with Crippen molar-refractivity contribution in [2.45, 2.75) is 12.8 Å². The number of nitrogens with zero attached hydrogens (tertiary/aromatic N) is 2. The standard InChI is InChI=1S/C21H16Cl2FN3O3/c22-15-11-14(6-7-16(15)24)27-20(29)17(23)18(21(27)30)25-13-5-3-4-12(10-13)19(28)26-8-1-2-9-26/h3-7,10-11,25H,1-2,8-9H2. The van der Waals surface area contributed by atoms with Gasteiger partial charge in [0.15, 0.2) is 0 Å². The lowest BCUT2D eigenvalue weighted by atomic mass is 10.1. The highest BCUT2D eigenvalue weighted by Crippen LogP contribution is 2.32. The maximum atomic E-state index is 13.4. The molecule has 0 aromatic heterocycles. The second-order valence-electron chi connectivity index (χ2n) is 6.94. The monoisotopic (exact) mass is 447 g/mol. The minimum Gasteiger partial charge on any atom is -0.350 e. The van der Waals surface area contributed by atoms with Crippen LogP contribution in [-0.2, 0) is 9.59 Å². The summed E-state index contributed by atoms with van der Waals surface area (Å²) < 4.78 is 13.4. The molecule has 2 aromatic carbocycles. The lowest BCUT2D eigenvalue weighted by molar-refractivity contribution is -0.120. The van der Waals surface area contributed by atoms with Crippen molar-refractivity contribution in [2.75, 3.05) is 23.3 Å². The molecule has 0 saturated carbocycles. The van der Waals surface area contributed by atoms with Crippen LogP contribution in [-0.4, -0.2) is 35.7 Å². The molecule has 2 aromatic rings. The number of hydrogen-bond acceptors (Lipinski definition) is 4. The molecule has 1 saturated heterocycles. The number of imide groups is 1. The molecule has 3 amide bonds. The summed E-state index contributed by atoms with van der Waals surface area (Å²) in [7, 11) is 0. The smallest absolute Gasteiger partial charge is 0.283 e. The summed E-state index contributed by atoms with van der Waals surface area (Å²) >= 11 is 11.9. The van der Waals surface area contributed by atoms with Crippen LogP contribution in [0.4, 0.5) is 15.8 Å². The first-order valence-electron chi connectivity index (χ1n) is 9.27. The van der Waals surface area contributed by atoms with Crippen LogP contribution in [0.1, 0.15) is 23.2 Å². The molecule has 0 unspecified atom stereocenters. The number of amides is 3. The minimum absolute atomic E-state index is 0.0902. The highest BCUT2D eigenvalue weighted by molar-refractivity contribution is 6.53. The fourth-order valence-electron chi connectivity index (χ4n) is 3.45. The number of likely N-dealkylation sites (tertiary alicyclic amines) is 1. The summed E-state index contributed by atoms with van der Waals surface area (Å²) in [5, 5.41) is 2.31. The van der Waals surface area contributed by atoms with Crippen LogP contribution in [0.5, 0.6) is 0 Å². The zero-order valence-electron chi connectivity index (χ0n) is 15.6. The molecule has 1 fully saturated rings. The number of benzene rings is 2. The predicted octanol–water partition coefficient (Wildman–Crippen LogP) is 4.15. The van der Waals surface area contributed by atoms with Crippen molar-refractivity contribution in [1.82, 2.24) is 4.90 Å². The Morgan fingerprint density at radius 2 is 1.73 bits per heavy atom. The average molecular weight is 448 g/mol. The molecule has 0 aliphatic carbocycles. The summed E-state index contributed by atoms with van der Waals surface area (Å²) in [6, 6.07) is 10.1. The van der Waals surface area contributed by atoms with Gasteiger partial charge < -0.3 is 10.2 Å². The van der Waals surface area contributed by atoms with E-state index in [1.54, 1.807) is 29.2 Å². The lowest BCUT2D eigenvalue weighted by Gasteiger charge is -2.17. The maximum absolute atomic E-state index is 13.4. The molecule has 1 N–H and O–H groups in total. The highest BCUT2D eigenvalue weighted by Gasteiger charge is 2.39. The van der Waals surface area contributed by atoms with E-state index in [-0.39, 0.29) is 27.3 Å². The van der Waals surface area contributed by atoms with Crippen LogP contribution in [0.25, 0.3) is 0 Å². The molecule has 2 heterocycles. The van der Waals surface area contributed by atoms with Gasteiger partial charge in [-0.25, -0.2) is 9.29 Å². The first-order valence-corrected chi connectivity index (χ1v) is 10.0. The van der Waals surface area contributed by atoms with Crippen molar-refractivity contribution in [3.05, 3.63) is 69.6 Å². The lowest BCUT2D eigenvalue weighted by Crippen LogP contribution is -2.32. The Bertz CT molecular complexity index is 1100. The van der Waals surface area contributed by atoms with Gasteiger partial charge in [-0.05, 0) is 49.2 Å². The van der Waals surface area contributed by atoms with Crippen molar-refractivity contribution >= 4 is 52.3 Å². The van der Waals surface area contributed by atoms with E-state index >= 15 is 0 Å². The molecule has 6 nitrogen and oxygen atoms in total. The van der Waals surface area contributed by atoms with E-state index in [0.29, 0.717) is 11.3 Å². The van der Waals surface area contributed by atoms with Crippen molar-refractivity contribution in [2.24, 2.45) is 0 Å². The largest absolute Gasteiger partial charge is 0.350 e. The molecule has 0 atom stereocenters. The zero-order valence-corrected chi connectivity index (χ0v) is 17.1. The molecule has 30 heavy (non-hydrogen) atoms. The van der Waals surface area contributed by atoms with Crippen LogP contribution < -0.4 is 10.2 Å². The molecule has 0 radical (unpaired) electrons. The Balaban J connectivity index is 1.58. The van der Waals surface area contributed by atoms with Gasteiger partial charge in [-0.3, -0.25) is 14.4 Å². The molecule has 0 bridgehead atoms. The first-order chi connectivity index (χ1) is 14.4. The quantitative estimate of drug-likeness (QED) is 0.714. The summed E-state index contributed by atoms with van der Waals surface area (Å²) in [4.78, 5) is 40.6. The number of nitrogens with one attached hydrogen (secondary N) is 1. The molecule has 9 heteroatoms. The fourth-order valence-corrected chi connectivity index (χ4v) is 3.83. The summed E-state index contributed by atoms with van der Waals surface area (Å²) in [5.74, 6) is -2.22. The molecule has 4 rings (SSSR count). The molecule has 2 aliphatic heterocycles. The number of rotatable bonds is 4. The second-order valence-corrected chi connectivity index (χ2v) is 7.72. The van der Waals surface area contributed by atoms with E-state index in [4.69, 9.17) is 23.2 Å². The third-order valence-electron chi connectivity index (χ3n) is 4.96. The van der Waals surface area contributed by atoms with Crippen LogP contribution in [0.15, 0.2) is 53.2 Å². The van der Waals surface area contributed by atoms with Crippen molar-refractivity contribution in [3.63, 3.8) is 0 Å². The summed E-state index contributed by atoms with van der Waals surface area (Å²) in [6.07, 6.45) is 1.96. The average Bonchev–Trinajstić information content (AvgIpc) is 3.34. The van der Waals surface area contributed by atoms with Crippen LogP contribution >= 0.6 is 23.2 Å². The van der Waals surface area contributed by atoms with Gasteiger partial charge in [0.25, 0.3) is 17.7 Å². The minimum atomic E-state index is -0.754. The Morgan fingerprint density at radius 1 is 1.00 bits per heavy atom. The Morgan fingerprint density at radius 3 is 2.43 bits per heavy atom. The maximum Gasteiger partial charge on any atom is 0.283 e. The predicted molar refractivity (Wildman–Crippen MR) is 112 cm³/mol. The van der Waals surface area contributed by atoms with Crippen molar-refractivity contribution in [1.29, 1.82) is 0 Å². The second kappa shape index (κ2) is 8.08. The van der Waals surface area contributed by atoms with Gasteiger partial charge in [-0.15, -0.1) is 0 Å². The van der Waals surface area contributed by atoms with E-state index in [2.05, 4.69) is 5.32 Å². The number of hydrogen-bond donors (Lipinski definition) is 1. The molecule has 2 aliphatic rings. The number of halogens is 3.